The van der Waals surface area contributed by atoms with Gasteiger partial charge in [-0.1, -0.05) is 11.6 Å². The van der Waals surface area contributed by atoms with Gasteiger partial charge in [0.1, 0.15) is 5.75 Å². The lowest BCUT2D eigenvalue weighted by Gasteiger charge is -2.10. The molecule has 0 aliphatic carbocycles. The van der Waals surface area contributed by atoms with E-state index in [0.717, 1.165) is 9.32 Å². The highest BCUT2D eigenvalue weighted by molar-refractivity contribution is 14.1. The molecule has 0 N–H and O–H groups in total. The van der Waals surface area contributed by atoms with E-state index < -0.39 is 0 Å². The average Bonchev–Trinajstić information content (AvgIpc) is 2.41. The number of hydrogen-bond acceptors (Lipinski definition) is 2. The third-order valence-electron chi connectivity index (χ3n) is 2.67. The number of benzene rings is 2. The summed E-state index contributed by atoms with van der Waals surface area (Å²) in [6, 6.07) is 12.5. The Labute approximate surface area is 137 Å². The van der Waals surface area contributed by atoms with E-state index in [0.29, 0.717) is 16.1 Å². The molecule has 104 valence electrons. The monoisotopic (exact) mass is 400 g/mol. The van der Waals surface area contributed by atoms with E-state index in [4.69, 9.17) is 16.3 Å². The lowest BCUT2D eigenvalue weighted by molar-refractivity contribution is 0.103. The van der Waals surface area contributed by atoms with Gasteiger partial charge in [-0.3, -0.25) is 4.79 Å². The third-order valence-corrected chi connectivity index (χ3v) is 4.24. The van der Waals surface area contributed by atoms with E-state index in [1.807, 2.05) is 32.0 Å². The first-order valence-corrected chi connectivity index (χ1v) is 7.69. The van der Waals surface area contributed by atoms with Gasteiger partial charge in [-0.2, -0.15) is 0 Å². The Hall–Kier alpha value is -1.07. The number of ether oxygens (including phenoxy) is 1. The number of hydrogen-bond donors (Lipinski definition) is 0. The Morgan fingerprint density at radius 2 is 1.70 bits per heavy atom. The summed E-state index contributed by atoms with van der Waals surface area (Å²) in [5, 5.41) is 0.594. The van der Waals surface area contributed by atoms with Gasteiger partial charge in [0.15, 0.2) is 5.78 Å². The van der Waals surface area contributed by atoms with Crippen LogP contribution in [0.5, 0.6) is 5.75 Å². The first-order valence-electron chi connectivity index (χ1n) is 6.24. The van der Waals surface area contributed by atoms with Crippen molar-refractivity contribution in [1.29, 1.82) is 0 Å². The molecule has 0 radical (unpaired) electrons. The molecule has 0 heterocycles. The Bertz CT molecular complexity index is 621. The van der Waals surface area contributed by atoms with Crippen molar-refractivity contribution >= 4 is 40.0 Å². The van der Waals surface area contributed by atoms with Crippen LogP contribution in [0.25, 0.3) is 0 Å². The van der Waals surface area contributed by atoms with Crippen LogP contribution in [-0.4, -0.2) is 11.9 Å². The fourth-order valence-corrected chi connectivity index (χ4v) is 2.28. The molecule has 0 fully saturated rings. The minimum atomic E-state index is -0.0422. The second kappa shape index (κ2) is 6.59. The minimum absolute atomic E-state index is 0.0422. The highest BCUT2D eigenvalue weighted by atomic mass is 127. The topological polar surface area (TPSA) is 26.3 Å². The maximum atomic E-state index is 12.3. The van der Waals surface area contributed by atoms with Gasteiger partial charge >= 0.3 is 0 Å². The van der Waals surface area contributed by atoms with Gasteiger partial charge < -0.3 is 4.74 Å². The van der Waals surface area contributed by atoms with Crippen molar-refractivity contribution in [3.63, 3.8) is 0 Å². The molecule has 0 aliphatic rings. The minimum Gasteiger partial charge on any atom is -0.491 e. The van der Waals surface area contributed by atoms with E-state index in [-0.39, 0.29) is 11.9 Å². The summed E-state index contributed by atoms with van der Waals surface area (Å²) in [6.45, 7) is 3.93. The summed E-state index contributed by atoms with van der Waals surface area (Å²) >= 11 is 8.18. The van der Waals surface area contributed by atoms with Crippen LogP contribution >= 0.6 is 34.2 Å². The third kappa shape index (κ3) is 3.73. The quantitative estimate of drug-likeness (QED) is 0.535. The molecule has 0 unspecified atom stereocenters. The summed E-state index contributed by atoms with van der Waals surface area (Å²) in [4.78, 5) is 12.3. The highest BCUT2D eigenvalue weighted by Gasteiger charge is 2.11. The predicted octanol–water partition coefficient (Wildman–Crippen LogP) is 4.96. The van der Waals surface area contributed by atoms with Crippen molar-refractivity contribution in [2.24, 2.45) is 0 Å². The molecular weight excluding hydrogens is 387 g/mol. The maximum Gasteiger partial charge on any atom is 0.193 e. The molecule has 2 rings (SSSR count). The average molecular weight is 401 g/mol. The first-order chi connectivity index (χ1) is 9.47. The first kappa shape index (κ1) is 15.3. The van der Waals surface area contributed by atoms with Crippen LogP contribution in [0.2, 0.25) is 5.02 Å². The lowest BCUT2D eigenvalue weighted by atomic mass is 10.0. The Morgan fingerprint density at radius 3 is 2.25 bits per heavy atom. The fraction of sp³-hybridized carbons (Fsp3) is 0.188. The van der Waals surface area contributed by atoms with E-state index in [1.54, 1.807) is 24.3 Å². The second-order valence-corrected chi connectivity index (χ2v) is 6.22. The molecule has 0 amide bonds. The summed E-state index contributed by atoms with van der Waals surface area (Å²) in [6.07, 6.45) is 0.117. The Balaban J connectivity index is 2.22. The zero-order valence-electron chi connectivity index (χ0n) is 11.2. The van der Waals surface area contributed by atoms with E-state index in [9.17, 15) is 4.79 Å². The van der Waals surface area contributed by atoms with E-state index >= 15 is 0 Å². The summed E-state index contributed by atoms with van der Waals surface area (Å²) < 4.78 is 6.49. The van der Waals surface area contributed by atoms with Crippen molar-refractivity contribution in [1.82, 2.24) is 0 Å². The molecular formula is C16H14ClIO2. The van der Waals surface area contributed by atoms with Gasteiger partial charge in [-0.05, 0) is 78.9 Å². The van der Waals surface area contributed by atoms with Crippen molar-refractivity contribution < 1.29 is 9.53 Å². The molecule has 20 heavy (non-hydrogen) atoms. The van der Waals surface area contributed by atoms with E-state index in [1.165, 1.54) is 0 Å². The lowest BCUT2D eigenvalue weighted by Crippen LogP contribution is -2.06. The molecule has 0 aromatic heterocycles. The molecule has 0 atom stereocenters. The van der Waals surface area contributed by atoms with Crippen LogP contribution in [0.4, 0.5) is 0 Å². The largest absolute Gasteiger partial charge is 0.491 e. The van der Waals surface area contributed by atoms with Gasteiger partial charge in [0.2, 0.25) is 0 Å². The number of rotatable bonds is 4. The van der Waals surface area contributed by atoms with Crippen LogP contribution in [0.3, 0.4) is 0 Å². The van der Waals surface area contributed by atoms with E-state index in [2.05, 4.69) is 22.6 Å². The van der Waals surface area contributed by atoms with Gasteiger partial charge in [0, 0.05) is 14.7 Å². The van der Waals surface area contributed by atoms with Crippen molar-refractivity contribution in [2.75, 3.05) is 0 Å². The van der Waals surface area contributed by atoms with Crippen LogP contribution in [0.1, 0.15) is 29.8 Å². The zero-order chi connectivity index (χ0) is 14.7. The van der Waals surface area contributed by atoms with Crippen LogP contribution in [0.15, 0.2) is 42.5 Å². The molecule has 0 bridgehead atoms. The molecule has 2 aromatic rings. The molecule has 2 nitrogen and oxygen atoms in total. The van der Waals surface area contributed by atoms with Gasteiger partial charge in [0.25, 0.3) is 0 Å². The molecule has 0 aliphatic heterocycles. The van der Waals surface area contributed by atoms with Gasteiger partial charge in [0.05, 0.1) is 11.1 Å². The number of halogens is 2. The Kier molecular flexibility index (Phi) is 5.05. The molecule has 4 heteroatoms. The molecule has 2 aromatic carbocycles. The predicted molar refractivity (Wildman–Crippen MR) is 89.8 cm³/mol. The Morgan fingerprint density at radius 1 is 1.10 bits per heavy atom. The van der Waals surface area contributed by atoms with Crippen molar-refractivity contribution in [3.8, 4) is 5.75 Å². The summed E-state index contributed by atoms with van der Waals surface area (Å²) in [5.74, 6) is 0.719. The molecule has 0 spiro atoms. The standard InChI is InChI=1S/C16H14ClIO2/c1-10(2)20-13-6-3-11(4-7-13)16(19)12-5-8-15(18)14(17)9-12/h3-10H,1-2H3. The maximum absolute atomic E-state index is 12.3. The van der Waals surface area contributed by atoms with Crippen LogP contribution < -0.4 is 4.74 Å². The number of carbonyl (C=O) groups excluding carboxylic acids is 1. The summed E-state index contributed by atoms with van der Waals surface area (Å²) in [5.41, 5.74) is 1.21. The van der Waals surface area contributed by atoms with Gasteiger partial charge in [-0.15, -0.1) is 0 Å². The number of ketones is 1. The van der Waals surface area contributed by atoms with Crippen LogP contribution in [-0.2, 0) is 0 Å². The van der Waals surface area contributed by atoms with Crippen molar-refractivity contribution in [2.45, 2.75) is 20.0 Å². The SMILES string of the molecule is CC(C)Oc1ccc(C(=O)c2ccc(I)c(Cl)c2)cc1. The zero-order valence-corrected chi connectivity index (χ0v) is 14.1. The fourth-order valence-electron chi connectivity index (χ4n) is 1.76. The molecule has 0 saturated carbocycles. The van der Waals surface area contributed by atoms with Gasteiger partial charge in [-0.25, -0.2) is 0 Å². The summed E-state index contributed by atoms with van der Waals surface area (Å²) in [7, 11) is 0. The highest BCUT2D eigenvalue weighted by Crippen LogP contribution is 2.22. The van der Waals surface area contributed by atoms with Crippen molar-refractivity contribution in [3.05, 3.63) is 62.2 Å². The van der Waals surface area contributed by atoms with Crippen LogP contribution in [0, 0.1) is 3.57 Å². The smallest absolute Gasteiger partial charge is 0.193 e. The molecule has 0 saturated heterocycles. The second-order valence-electron chi connectivity index (χ2n) is 4.65. The normalized spacial score (nSPS) is 10.7. The number of carbonyl (C=O) groups is 1.